The van der Waals surface area contributed by atoms with Gasteiger partial charge in [0.15, 0.2) is 11.5 Å². The van der Waals surface area contributed by atoms with Gasteiger partial charge in [-0.3, -0.25) is 4.79 Å². The summed E-state index contributed by atoms with van der Waals surface area (Å²) < 4.78 is 43.6. The fourth-order valence-corrected chi connectivity index (χ4v) is 1.74. The van der Waals surface area contributed by atoms with Gasteiger partial charge in [0.2, 0.25) is 0 Å². The van der Waals surface area contributed by atoms with Crippen molar-refractivity contribution in [3.05, 3.63) is 23.3 Å². The number of carboxylic acid groups (broad SMARTS) is 1. The second-order valence-electron chi connectivity index (χ2n) is 5.01. The summed E-state index contributed by atoms with van der Waals surface area (Å²) in [7, 11) is 1.20. The SMILES string of the molecule is COc1ccc(C(F)(F)F)c(CC(C)(C)C(=O)O)c1O. The summed E-state index contributed by atoms with van der Waals surface area (Å²) in [5, 5.41) is 18.9. The van der Waals surface area contributed by atoms with E-state index >= 15 is 0 Å². The molecule has 4 nitrogen and oxygen atoms in total. The van der Waals surface area contributed by atoms with Crippen LogP contribution in [-0.4, -0.2) is 23.3 Å². The van der Waals surface area contributed by atoms with Crippen LogP contribution in [0.1, 0.15) is 25.0 Å². The predicted molar refractivity (Wildman–Crippen MR) is 64.8 cm³/mol. The molecule has 0 aromatic heterocycles. The van der Waals surface area contributed by atoms with Gasteiger partial charge in [0.05, 0.1) is 18.1 Å². The molecule has 0 aliphatic carbocycles. The molecule has 1 aromatic carbocycles. The monoisotopic (exact) mass is 292 g/mol. The minimum atomic E-state index is -4.69. The van der Waals surface area contributed by atoms with E-state index in [0.29, 0.717) is 0 Å². The molecule has 0 fully saturated rings. The van der Waals surface area contributed by atoms with Crippen molar-refractivity contribution in [1.29, 1.82) is 0 Å². The highest BCUT2D eigenvalue weighted by atomic mass is 19.4. The first kappa shape index (κ1) is 16.1. The molecule has 112 valence electrons. The van der Waals surface area contributed by atoms with Crippen LogP contribution in [0.2, 0.25) is 0 Å². The van der Waals surface area contributed by atoms with E-state index in [0.717, 1.165) is 12.1 Å². The van der Waals surface area contributed by atoms with E-state index in [9.17, 15) is 23.1 Å². The molecule has 0 aliphatic rings. The van der Waals surface area contributed by atoms with E-state index in [1.54, 1.807) is 0 Å². The van der Waals surface area contributed by atoms with Gasteiger partial charge in [-0.15, -0.1) is 0 Å². The molecule has 0 saturated heterocycles. The quantitative estimate of drug-likeness (QED) is 0.895. The van der Waals surface area contributed by atoms with E-state index < -0.39 is 40.9 Å². The molecular weight excluding hydrogens is 277 g/mol. The van der Waals surface area contributed by atoms with Crippen molar-refractivity contribution in [2.45, 2.75) is 26.4 Å². The van der Waals surface area contributed by atoms with Crippen LogP contribution in [0.5, 0.6) is 11.5 Å². The fraction of sp³-hybridized carbons (Fsp3) is 0.462. The second-order valence-corrected chi connectivity index (χ2v) is 5.01. The molecule has 0 unspecified atom stereocenters. The van der Waals surface area contributed by atoms with Crippen molar-refractivity contribution in [1.82, 2.24) is 0 Å². The average molecular weight is 292 g/mol. The lowest BCUT2D eigenvalue weighted by molar-refractivity contribution is -0.148. The number of ether oxygens (including phenoxy) is 1. The van der Waals surface area contributed by atoms with Gasteiger partial charge < -0.3 is 14.9 Å². The highest BCUT2D eigenvalue weighted by Gasteiger charge is 2.38. The zero-order chi connectivity index (χ0) is 15.7. The van der Waals surface area contributed by atoms with Crippen molar-refractivity contribution < 1.29 is 32.9 Å². The Hall–Kier alpha value is -1.92. The number of carboxylic acids is 1. The number of rotatable bonds is 4. The molecule has 0 aliphatic heterocycles. The van der Waals surface area contributed by atoms with E-state index in [1.165, 1.54) is 21.0 Å². The molecule has 1 rings (SSSR count). The number of aliphatic carboxylic acids is 1. The normalized spacial score (nSPS) is 12.3. The molecule has 1 aromatic rings. The lowest BCUT2D eigenvalue weighted by Crippen LogP contribution is -2.27. The Kier molecular flexibility index (Phi) is 4.21. The maximum Gasteiger partial charge on any atom is 0.416 e. The van der Waals surface area contributed by atoms with Gasteiger partial charge in [-0.25, -0.2) is 0 Å². The first-order chi connectivity index (χ1) is 9.00. The molecule has 20 heavy (non-hydrogen) atoms. The molecule has 0 bridgehead atoms. The molecule has 0 heterocycles. The fourth-order valence-electron chi connectivity index (χ4n) is 1.74. The van der Waals surface area contributed by atoms with Crippen molar-refractivity contribution in [2.24, 2.45) is 5.41 Å². The van der Waals surface area contributed by atoms with Crippen LogP contribution in [0.25, 0.3) is 0 Å². The van der Waals surface area contributed by atoms with Crippen LogP contribution in [0.4, 0.5) is 13.2 Å². The maximum atomic E-state index is 12.9. The predicted octanol–water partition coefficient (Wildman–Crippen LogP) is 3.07. The van der Waals surface area contributed by atoms with E-state index in [-0.39, 0.29) is 5.75 Å². The number of phenolic OH excluding ortho intramolecular Hbond substituents is 1. The summed E-state index contributed by atoms with van der Waals surface area (Å²) in [6, 6.07) is 1.77. The molecule has 0 saturated carbocycles. The topological polar surface area (TPSA) is 66.8 Å². The number of hydrogen-bond acceptors (Lipinski definition) is 3. The second kappa shape index (κ2) is 5.22. The summed E-state index contributed by atoms with van der Waals surface area (Å²) in [5.74, 6) is -2.07. The van der Waals surface area contributed by atoms with Crippen molar-refractivity contribution in [3.8, 4) is 11.5 Å². The number of carbonyl (C=O) groups is 1. The van der Waals surface area contributed by atoms with E-state index in [4.69, 9.17) is 9.84 Å². The number of aromatic hydroxyl groups is 1. The van der Waals surface area contributed by atoms with Gasteiger partial charge in [0.1, 0.15) is 0 Å². The summed E-state index contributed by atoms with van der Waals surface area (Å²) in [6.07, 6.45) is -5.16. The Balaban J connectivity index is 3.44. The zero-order valence-corrected chi connectivity index (χ0v) is 11.2. The highest BCUT2D eigenvalue weighted by Crippen LogP contribution is 2.42. The van der Waals surface area contributed by atoms with Crippen LogP contribution in [0, 0.1) is 5.41 Å². The van der Waals surface area contributed by atoms with Crippen molar-refractivity contribution in [2.75, 3.05) is 7.11 Å². The van der Waals surface area contributed by atoms with Crippen LogP contribution in [0.15, 0.2) is 12.1 Å². The Labute approximate surface area is 113 Å². The average Bonchev–Trinajstić information content (AvgIpc) is 2.29. The van der Waals surface area contributed by atoms with Gasteiger partial charge in [-0.2, -0.15) is 13.2 Å². The Morgan fingerprint density at radius 2 is 1.85 bits per heavy atom. The van der Waals surface area contributed by atoms with Gasteiger partial charge in [0, 0.05) is 5.56 Å². The lowest BCUT2D eigenvalue weighted by Gasteiger charge is -2.23. The van der Waals surface area contributed by atoms with Crippen LogP contribution in [0.3, 0.4) is 0 Å². The highest BCUT2D eigenvalue weighted by molar-refractivity contribution is 5.74. The molecule has 0 atom stereocenters. The van der Waals surface area contributed by atoms with E-state index in [2.05, 4.69) is 0 Å². The van der Waals surface area contributed by atoms with Crippen LogP contribution < -0.4 is 4.74 Å². The summed E-state index contributed by atoms with van der Waals surface area (Å²) in [5.41, 5.74) is -3.00. The smallest absolute Gasteiger partial charge is 0.416 e. The number of methoxy groups -OCH3 is 1. The standard InChI is InChI=1S/C13H15F3O4/c1-12(2,11(18)19)6-7-8(13(14,15)16)4-5-9(20-3)10(7)17/h4-5,17H,6H2,1-3H3,(H,18,19). The van der Waals surface area contributed by atoms with Crippen molar-refractivity contribution >= 4 is 5.97 Å². The minimum absolute atomic E-state index is 0.130. The number of hydrogen-bond donors (Lipinski definition) is 2. The number of alkyl halides is 3. The van der Waals surface area contributed by atoms with E-state index in [1.807, 2.05) is 0 Å². The first-order valence-corrected chi connectivity index (χ1v) is 5.70. The van der Waals surface area contributed by atoms with Gasteiger partial charge in [0.25, 0.3) is 0 Å². The lowest BCUT2D eigenvalue weighted by atomic mass is 9.83. The maximum absolute atomic E-state index is 12.9. The molecular formula is C13H15F3O4. The molecule has 0 amide bonds. The molecule has 0 radical (unpaired) electrons. The Morgan fingerprint density at radius 3 is 2.25 bits per heavy atom. The molecule has 0 spiro atoms. The summed E-state index contributed by atoms with van der Waals surface area (Å²) in [4.78, 5) is 11.1. The van der Waals surface area contributed by atoms with Gasteiger partial charge in [-0.1, -0.05) is 0 Å². The van der Waals surface area contributed by atoms with Gasteiger partial charge in [-0.05, 0) is 32.4 Å². The molecule has 7 heteroatoms. The Morgan fingerprint density at radius 1 is 1.30 bits per heavy atom. The third kappa shape index (κ3) is 3.15. The summed E-state index contributed by atoms with van der Waals surface area (Å²) in [6.45, 7) is 2.57. The van der Waals surface area contributed by atoms with Crippen LogP contribution in [-0.2, 0) is 17.4 Å². The van der Waals surface area contributed by atoms with Gasteiger partial charge >= 0.3 is 12.1 Å². The minimum Gasteiger partial charge on any atom is -0.504 e. The summed E-state index contributed by atoms with van der Waals surface area (Å²) >= 11 is 0. The third-order valence-electron chi connectivity index (χ3n) is 2.97. The first-order valence-electron chi connectivity index (χ1n) is 5.70. The molecule has 2 N–H and O–H groups in total. The number of benzene rings is 1. The van der Waals surface area contributed by atoms with Crippen molar-refractivity contribution in [3.63, 3.8) is 0 Å². The largest absolute Gasteiger partial charge is 0.504 e. The third-order valence-corrected chi connectivity index (χ3v) is 2.97. The number of phenols is 1. The Bertz CT molecular complexity index is 521. The van der Waals surface area contributed by atoms with Crippen LogP contribution >= 0.6 is 0 Å². The zero-order valence-electron chi connectivity index (χ0n) is 11.2. The number of halogens is 3.